The smallest absolute Gasteiger partial charge is 0.181 e. The normalized spacial score (nSPS) is 17.6. The Balaban J connectivity index is 2.21. The maximum absolute atomic E-state index is 5.55. The lowest BCUT2D eigenvalue weighted by atomic mass is 10.2. The lowest BCUT2D eigenvalue weighted by Crippen LogP contribution is -2.43. The Bertz CT molecular complexity index is 162. The molecule has 13 heavy (non-hydrogen) atoms. The van der Waals surface area contributed by atoms with Crippen molar-refractivity contribution in [2.24, 2.45) is 5.92 Å². The fourth-order valence-corrected chi connectivity index (χ4v) is 1.27. The predicted molar refractivity (Wildman–Crippen MR) is 54.4 cm³/mol. The van der Waals surface area contributed by atoms with Crippen LogP contribution in [0, 0.1) is 5.92 Å². The fourth-order valence-electron chi connectivity index (χ4n) is 1.27. The van der Waals surface area contributed by atoms with Crippen LogP contribution in [0.2, 0.25) is 0 Å². The summed E-state index contributed by atoms with van der Waals surface area (Å²) in [5.41, 5.74) is 0. The van der Waals surface area contributed by atoms with E-state index in [0.29, 0.717) is 5.92 Å². The minimum atomic E-state index is 0.569. The molecule has 0 saturated carbocycles. The lowest BCUT2D eigenvalue weighted by molar-refractivity contribution is 0.0895. The number of nitrogens with one attached hydrogen (secondary N) is 1. The van der Waals surface area contributed by atoms with Crippen LogP contribution in [0.4, 0.5) is 0 Å². The highest BCUT2D eigenvalue weighted by atomic mass is 16.5. The molecule has 1 N–H and O–H groups in total. The van der Waals surface area contributed by atoms with E-state index in [-0.39, 0.29) is 0 Å². The summed E-state index contributed by atoms with van der Waals surface area (Å²) in [5.74, 6) is 1.40. The van der Waals surface area contributed by atoms with Crippen LogP contribution >= 0.6 is 0 Å². The van der Waals surface area contributed by atoms with E-state index in [9.17, 15) is 0 Å². The molecule has 0 aromatic rings. The molecule has 76 valence electrons. The van der Waals surface area contributed by atoms with Crippen LogP contribution in [-0.4, -0.2) is 37.7 Å². The predicted octanol–water partition coefficient (Wildman–Crippen LogP) is 1.04. The highest BCUT2D eigenvalue weighted by molar-refractivity contribution is 4.86. The van der Waals surface area contributed by atoms with Crippen molar-refractivity contribution in [1.82, 2.24) is 10.2 Å². The number of hydrogen-bond donors (Lipinski definition) is 1. The van der Waals surface area contributed by atoms with Gasteiger partial charge in [-0.25, -0.2) is 0 Å². The second kappa shape index (κ2) is 5.12. The van der Waals surface area contributed by atoms with Gasteiger partial charge in [0, 0.05) is 26.2 Å². The van der Waals surface area contributed by atoms with Crippen LogP contribution < -0.4 is 5.32 Å². The van der Waals surface area contributed by atoms with Gasteiger partial charge < -0.3 is 15.0 Å². The number of hydrogen-bond acceptors (Lipinski definition) is 3. The molecule has 1 aliphatic heterocycles. The average Bonchev–Trinajstić information content (AvgIpc) is 2.15. The summed E-state index contributed by atoms with van der Waals surface area (Å²) in [6, 6.07) is 0. The standard InChI is InChI=1S/C10H20N2O/c1-9(2)8-13-10(3)12-6-4-11-5-7-12/h9,11H,3-8H2,1-2H3. The molecule has 1 aliphatic rings. The van der Waals surface area contributed by atoms with Crippen molar-refractivity contribution >= 4 is 0 Å². The first-order chi connectivity index (χ1) is 6.20. The van der Waals surface area contributed by atoms with Gasteiger partial charge in [-0.1, -0.05) is 13.8 Å². The molecule has 0 amide bonds. The summed E-state index contributed by atoms with van der Waals surface area (Å²) >= 11 is 0. The minimum absolute atomic E-state index is 0.569. The average molecular weight is 184 g/mol. The summed E-state index contributed by atoms with van der Waals surface area (Å²) < 4.78 is 5.55. The molecule has 1 saturated heterocycles. The number of ether oxygens (including phenoxy) is 1. The Labute approximate surface area is 80.8 Å². The van der Waals surface area contributed by atoms with E-state index in [1.54, 1.807) is 0 Å². The summed E-state index contributed by atoms with van der Waals surface area (Å²) in [5, 5.41) is 3.30. The van der Waals surface area contributed by atoms with Gasteiger partial charge in [-0.15, -0.1) is 0 Å². The van der Waals surface area contributed by atoms with E-state index in [1.165, 1.54) is 0 Å². The van der Waals surface area contributed by atoms with E-state index < -0.39 is 0 Å². The van der Waals surface area contributed by atoms with Gasteiger partial charge in [0.15, 0.2) is 5.88 Å². The number of piperazine rings is 1. The van der Waals surface area contributed by atoms with Gasteiger partial charge >= 0.3 is 0 Å². The third-order valence-corrected chi connectivity index (χ3v) is 2.05. The SMILES string of the molecule is C=C(OCC(C)C)N1CCNCC1. The van der Waals surface area contributed by atoms with Gasteiger partial charge in [-0.2, -0.15) is 0 Å². The first-order valence-electron chi connectivity index (χ1n) is 4.97. The first-order valence-corrected chi connectivity index (χ1v) is 4.97. The Kier molecular flexibility index (Phi) is 4.09. The molecule has 3 heteroatoms. The molecule has 0 spiro atoms. The zero-order chi connectivity index (χ0) is 9.68. The molecule has 0 bridgehead atoms. The molecule has 0 aromatic carbocycles. The molecular formula is C10H20N2O. The van der Waals surface area contributed by atoms with E-state index in [0.717, 1.165) is 38.7 Å². The van der Waals surface area contributed by atoms with Crippen LogP contribution in [0.5, 0.6) is 0 Å². The van der Waals surface area contributed by atoms with Crippen molar-refractivity contribution in [2.45, 2.75) is 13.8 Å². The van der Waals surface area contributed by atoms with Crippen LogP contribution in [0.15, 0.2) is 12.5 Å². The maximum Gasteiger partial charge on any atom is 0.181 e. The van der Waals surface area contributed by atoms with Crippen molar-refractivity contribution in [3.8, 4) is 0 Å². The number of nitrogens with zero attached hydrogens (tertiary/aromatic N) is 1. The van der Waals surface area contributed by atoms with Gasteiger partial charge in [-0.3, -0.25) is 0 Å². The fraction of sp³-hybridized carbons (Fsp3) is 0.800. The van der Waals surface area contributed by atoms with E-state index in [4.69, 9.17) is 4.74 Å². The van der Waals surface area contributed by atoms with Gasteiger partial charge in [0.2, 0.25) is 0 Å². The van der Waals surface area contributed by atoms with Crippen LogP contribution in [-0.2, 0) is 4.74 Å². The molecule has 1 rings (SSSR count). The zero-order valence-corrected chi connectivity index (χ0v) is 8.68. The van der Waals surface area contributed by atoms with Crippen LogP contribution in [0.3, 0.4) is 0 Å². The quantitative estimate of drug-likeness (QED) is 0.661. The third kappa shape index (κ3) is 3.68. The molecular weight excluding hydrogens is 164 g/mol. The monoisotopic (exact) mass is 184 g/mol. The van der Waals surface area contributed by atoms with E-state index in [2.05, 4.69) is 30.6 Å². The molecule has 0 aromatic heterocycles. The Morgan fingerprint density at radius 3 is 2.62 bits per heavy atom. The number of rotatable bonds is 4. The maximum atomic E-state index is 5.55. The van der Waals surface area contributed by atoms with Crippen molar-refractivity contribution in [3.05, 3.63) is 12.5 Å². The molecule has 0 radical (unpaired) electrons. The molecule has 1 heterocycles. The second-order valence-corrected chi connectivity index (χ2v) is 3.84. The van der Waals surface area contributed by atoms with Crippen molar-refractivity contribution in [3.63, 3.8) is 0 Å². The van der Waals surface area contributed by atoms with Crippen molar-refractivity contribution in [2.75, 3.05) is 32.8 Å². The van der Waals surface area contributed by atoms with Gasteiger partial charge in [0.1, 0.15) is 0 Å². The highest BCUT2D eigenvalue weighted by Crippen LogP contribution is 2.06. The van der Waals surface area contributed by atoms with Crippen LogP contribution in [0.1, 0.15) is 13.8 Å². The van der Waals surface area contributed by atoms with Gasteiger partial charge in [0.05, 0.1) is 6.61 Å². The molecule has 3 nitrogen and oxygen atoms in total. The summed E-state index contributed by atoms with van der Waals surface area (Å²) in [4.78, 5) is 2.19. The summed E-state index contributed by atoms with van der Waals surface area (Å²) in [6.07, 6.45) is 0. The first kappa shape index (κ1) is 10.4. The van der Waals surface area contributed by atoms with Gasteiger partial charge in [0.25, 0.3) is 0 Å². The summed E-state index contributed by atoms with van der Waals surface area (Å²) in [6.45, 7) is 13.1. The molecule has 1 fully saturated rings. The largest absolute Gasteiger partial charge is 0.479 e. The topological polar surface area (TPSA) is 24.5 Å². The van der Waals surface area contributed by atoms with Gasteiger partial charge in [-0.05, 0) is 12.5 Å². The van der Waals surface area contributed by atoms with E-state index >= 15 is 0 Å². The third-order valence-electron chi connectivity index (χ3n) is 2.05. The highest BCUT2D eigenvalue weighted by Gasteiger charge is 2.12. The van der Waals surface area contributed by atoms with Crippen molar-refractivity contribution < 1.29 is 4.74 Å². The Morgan fingerprint density at radius 2 is 2.08 bits per heavy atom. The minimum Gasteiger partial charge on any atom is -0.479 e. The Hall–Kier alpha value is -0.700. The van der Waals surface area contributed by atoms with Crippen molar-refractivity contribution in [1.29, 1.82) is 0 Å². The zero-order valence-electron chi connectivity index (χ0n) is 8.68. The second-order valence-electron chi connectivity index (χ2n) is 3.84. The summed E-state index contributed by atoms with van der Waals surface area (Å²) in [7, 11) is 0. The van der Waals surface area contributed by atoms with Crippen LogP contribution in [0.25, 0.3) is 0 Å². The van der Waals surface area contributed by atoms with E-state index in [1.807, 2.05) is 0 Å². The molecule has 0 aliphatic carbocycles. The molecule has 0 unspecified atom stereocenters. The lowest BCUT2D eigenvalue weighted by Gasteiger charge is -2.30. The Morgan fingerprint density at radius 1 is 1.46 bits per heavy atom. The molecule has 0 atom stereocenters.